The summed E-state index contributed by atoms with van der Waals surface area (Å²) in [5.74, 6) is 0.154. The zero-order valence-electron chi connectivity index (χ0n) is 10.6. The summed E-state index contributed by atoms with van der Waals surface area (Å²) in [6.45, 7) is 2.74. The second kappa shape index (κ2) is 7.23. The van der Waals surface area contributed by atoms with Crippen molar-refractivity contribution in [3.8, 4) is 0 Å². The third kappa shape index (κ3) is 5.48. The predicted octanol–water partition coefficient (Wildman–Crippen LogP) is 2.04. The molecule has 0 saturated carbocycles. The lowest BCUT2D eigenvalue weighted by molar-refractivity contribution is 0.557. The van der Waals surface area contributed by atoms with Crippen LogP contribution in [-0.4, -0.2) is 27.8 Å². The molecule has 0 spiro atoms. The third-order valence-electron chi connectivity index (χ3n) is 2.70. The molecule has 0 aliphatic heterocycles. The standard InChI is InChI=1S/C12H19BrN2O2S/c1-10(11-5-3-6-12(13)9-11)15-7-4-8-18(16,17)14-2/h3,5-6,9-10,14-15H,4,7-8H2,1-2H3. The van der Waals surface area contributed by atoms with Gasteiger partial charge in [-0.15, -0.1) is 0 Å². The van der Waals surface area contributed by atoms with Gasteiger partial charge in [-0.2, -0.15) is 0 Å². The van der Waals surface area contributed by atoms with Gasteiger partial charge < -0.3 is 5.32 Å². The maximum absolute atomic E-state index is 11.2. The van der Waals surface area contributed by atoms with Gasteiger partial charge in [-0.3, -0.25) is 0 Å². The molecule has 0 bridgehead atoms. The molecule has 18 heavy (non-hydrogen) atoms. The van der Waals surface area contributed by atoms with Crippen molar-refractivity contribution >= 4 is 26.0 Å². The van der Waals surface area contributed by atoms with Gasteiger partial charge in [0.05, 0.1) is 5.75 Å². The highest BCUT2D eigenvalue weighted by molar-refractivity contribution is 9.10. The van der Waals surface area contributed by atoms with Gasteiger partial charge in [-0.05, 0) is 44.6 Å². The Morgan fingerprint density at radius 1 is 1.39 bits per heavy atom. The lowest BCUT2D eigenvalue weighted by atomic mass is 10.1. The van der Waals surface area contributed by atoms with E-state index in [2.05, 4.69) is 39.0 Å². The monoisotopic (exact) mass is 334 g/mol. The van der Waals surface area contributed by atoms with Gasteiger partial charge in [0.1, 0.15) is 0 Å². The molecular weight excluding hydrogens is 316 g/mol. The first-order valence-corrected chi connectivity index (χ1v) is 8.29. The average Bonchev–Trinajstić information content (AvgIpc) is 2.34. The number of nitrogens with one attached hydrogen (secondary N) is 2. The summed E-state index contributed by atoms with van der Waals surface area (Å²) in [5, 5.41) is 3.31. The van der Waals surface area contributed by atoms with E-state index < -0.39 is 10.0 Å². The van der Waals surface area contributed by atoms with Crippen LogP contribution in [0.15, 0.2) is 28.7 Å². The van der Waals surface area contributed by atoms with Crippen molar-refractivity contribution in [3.05, 3.63) is 34.3 Å². The minimum absolute atomic E-state index is 0.154. The average molecular weight is 335 g/mol. The summed E-state index contributed by atoms with van der Waals surface area (Å²) in [6.07, 6.45) is 0.599. The van der Waals surface area contributed by atoms with Crippen LogP contribution in [0.1, 0.15) is 24.9 Å². The molecule has 0 aliphatic rings. The number of hydrogen-bond acceptors (Lipinski definition) is 3. The lowest BCUT2D eigenvalue weighted by Gasteiger charge is -2.14. The zero-order chi connectivity index (χ0) is 13.6. The van der Waals surface area contributed by atoms with E-state index in [-0.39, 0.29) is 11.8 Å². The smallest absolute Gasteiger partial charge is 0.211 e. The normalized spacial score (nSPS) is 13.5. The summed E-state index contributed by atoms with van der Waals surface area (Å²) < 4.78 is 25.8. The minimum Gasteiger partial charge on any atom is -0.310 e. The van der Waals surface area contributed by atoms with E-state index in [0.717, 1.165) is 4.47 Å². The highest BCUT2D eigenvalue weighted by atomic mass is 79.9. The molecule has 0 saturated heterocycles. The van der Waals surface area contributed by atoms with E-state index in [4.69, 9.17) is 0 Å². The van der Waals surface area contributed by atoms with Gasteiger partial charge >= 0.3 is 0 Å². The fraction of sp³-hybridized carbons (Fsp3) is 0.500. The maximum atomic E-state index is 11.2. The third-order valence-corrected chi connectivity index (χ3v) is 4.64. The minimum atomic E-state index is -3.09. The largest absolute Gasteiger partial charge is 0.310 e. The van der Waals surface area contributed by atoms with Crippen molar-refractivity contribution in [2.75, 3.05) is 19.3 Å². The quantitative estimate of drug-likeness (QED) is 0.750. The van der Waals surface area contributed by atoms with Gasteiger partial charge in [0, 0.05) is 10.5 Å². The number of hydrogen-bond donors (Lipinski definition) is 2. The number of sulfonamides is 1. The highest BCUT2D eigenvalue weighted by Crippen LogP contribution is 2.17. The fourth-order valence-corrected chi connectivity index (χ4v) is 2.72. The molecule has 0 aliphatic carbocycles. The summed E-state index contributed by atoms with van der Waals surface area (Å²) in [4.78, 5) is 0. The molecular formula is C12H19BrN2O2S. The van der Waals surface area contributed by atoms with E-state index in [1.807, 2.05) is 18.2 Å². The Balaban J connectivity index is 2.36. The van der Waals surface area contributed by atoms with Crippen LogP contribution in [0.4, 0.5) is 0 Å². The molecule has 1 atom stereocenters. The molecule has 1 aromatic rings. The summed E-state index contributed by atoms with van der Waals surface area (Å²) in [6, 6.07) is 8.29. The Bertz CT molecular complexity index is 477. The van der Waals surface area contributed by atoms with Crippen molar-refractivity contribution in [1.29, 1.82) is 0 Å². The number of benzene rings is 1. The van der Waals surface area contributed by atoms with Gasteiger partial charge in [0.25, 0.3) is 0 Å². The van der Waals surface area contributed by atoms with E-state index in [0.29, 0.717) is 13.0 Å². The lowest BCUT2D eigenvalue weighted by Crippen LogP contribution is -2.26. The Labute approximate surface area is 117 Å². The van der Waals surface area contributed by atoms with Crippen LogP contribution in [0.5, 0.6) is 0 Å². The van der Waals surface area contributed by atoms with Crippen LogP contribution in [0.3, 0.4) is 0 Å². The van der Waals surface area contributed by atoms with E-state index in [1.54, 1.807) is 0 Å². The van der Waals surface area contributed by atoms with Crippen LogP contribution >= 0.6 is 15.9 Å². The predicted molar refractivity (Wildman–Crippen MR) is 78.0 cm³/mol. The van der Waals surface area contributed by atoms with E-state index in [1.165, 1.54) is 12.6 Å². The second-order valence-corrected chi connectivity index (χ2v) is 7.07. The van der Waals surface area contributed by atoms with E-state index in [9.17, 15) is 8.42 Å². The maximum Gasteiger partial charge on any atom is 0.211 e. The molecule has 0 amide bonds. The van der Waals surface area contributed by atoms with E-state index >= 15 is 0 Å². The van der Waals surface area contributed by atoms with Crippen LogP contribution < -0.4 is 10.0 Å². The molecule has 1 unspecified atom stereocenters. The molecule has 0 heterocycles. The molecule has 102 valence electrons. The second-order valence-electron chi connectivity index (χ2n) is 4.11. The molecule has 1 rings (SSSR count). The fourth-order valence-electron chi connectivity index (χ4n) is 1.58. The van der Waals surface area contributed by atoms with Gasteiger partial charge in [0.15, 0.2) is 0 Å². The first kappa shape index (κ1) is 15.6. The summed E-state index contributed by atoms with van der Waals surface area (Å²) >= 11 is 3.43. The SMILES string of the molecule is CNS(=O)(=O)CCCNC(C)c1cccc(Br)c1. The Hall–Kier alpha value is -0.430. The summed E-state index contributed by atoms with van der Waals surface area (Å²) in [5.41, 5.74) is 1.18. The Morgan fingerprint density at radius 3 is 2.72 bits per heavy atom. The van der Waals surface area contributed by atoms with Crippen LogP contribution in [0, 0.1) is 0 Å². The Kier molecular flexibility index (Phi) is 6.28. The molecule has 1 aromatic carbocycles. The molecule has 0 aromatic heterocycles. The number of rotatable bonds is 7. The Morgan fingerprint density at radius 2 is 2.11 bits per heavy atom. The van der Waals surface area contributed by atoms with Gasteiger partial charge in [0.2, 0.25) is 10.0 Å². The molecule has 0 fully saturated rings. The van der Waals surface area contributed by atoms with Crippen LogP contribution in [0.2, 0.25) is 0 Å². The first-order chi connectivity index (χ1) is 8.44. The highest BCUT2D eigenvalue weighted by Gasteiger charge is 2.08. The van der Waals surface area contributed by atoms with Crippen molar-refractivity contribution in [2.45, 2.75) is 19.4 Å². The molecule has 2 N–H and O–H groups in total. The molecule has 0 radical (unpaired) electrons. The van der Waals surface area contributed by atoms with Gasteiger partial charge in [-0.1, -0.05) is 28.1 Å². The van der Waals surface area contributed by atoms with Crippen molar-refractivity contribution < 1.29 is 8.42 Å². The van der Waals surface area contributed by atoms with Gasteiger partial charge in [-0.25, -0.2) is 13.1 Å². The summed E-state index contributed by atoms with van der Waals surface area (Å²) in [7, 11) is -1.65. The van der Waals surface area contributed by atoms with Crippen molar-refractivity contribution in [1.82, 2.24) is 10.0 Å². The zero-order valence-corrected chi connectivity index (χ0v) is 13.0. The van der Waals surface area contributed by atoms with Crippen molar-refractivity contribution in [3.63, 3.8) is 0 Å². The van der Waals surface area contributed by atoms with Crippen molar-refractivity contribution in [2.24, 2.45) is 0 Å². The molecule has 4 nitrogen and oxygen atoms in total. The number of halogens is 1. The molecule has 6 heteroatoms. The van der Waals surface area contributed by atoms with Crippen LogP contribution in [0.25, 0.3) is 0 Å². The topological polar surface area (TPSA) is 58.2 Å². The van der Waals surface area contributed by atoms with Crippen LogP contribution in [-0.2, 0) is 10.0 Å². The first-order valence-electron chi connectivity index (χ1n) is 5.84.